The van der Waals surface area contributed by atoms with E-state index in [0.29, 0.717) is 19.7 Å². The van der Waals surface area contributed by atoms with E-state index >= 15 is 0 Å². The fourth-order valence-electron chi connectivity index (χ4n) is 2.80. The van der Waals surface area contributed by atoms with Gasteiger partial charge in [-0.1, -0.05) is 42.0 Å². The molecule has 0 saturated heterocycles. The second-order valence-electron chi connectivity index (χ2n) is 6.54. The van der Waals surface area contributed by atoms with Crippen LogP contribution in [0, 0.1) is 6.92 Å². The molecule has 1 heterocycles. The minimum atomic E-state index is 0. The van der Waals surface area contributed by atoms with Gasteiger partial charge in [-0.15, -0.1) is 24.0 Å². The van der Waals surface area contributed by atoms with Gasteiger partial charge in [-0.3, -0.25) is 9.67 Å². The number of nitrogens with one attached hydrogen (secondary N) is 2. The fourth-order valence-corrected chi connectivity index (χ4v) is 2.80. The average Bonchev–Trinajstić information content (AvgIpc) is 3.22. The van der Waals surface area contributed by atoms with E-state index in [4.69, 9.17) is 4.74 Å². The molecule has 0 spiro atoms. The van der Waals surface area contributed by atoms with Crippen LogP contribution in [0.4, 0.5) is 0 Å². The molecule has 0 aliphatic rings. The summed E-state index contributed by atoms with van der Waals surface area (Å²) >= 11 is 0. The van der Waals surface area contributed by atoms with Crippen LogP contribution in [-0.4, -0.2) is 35.9 Å². The molecule has 7 heteroatoms. The number of hydrogen-bond donors (Lipinski definition) is 2. The molecular formula is C22H28IN5O. The van der Waals surface area contributed by atoms with E-state index in [-0.39, 0.29) is 24.0 Å². The molecule has 0 unspecified atom stereocenters. The van der Waals surface area contributed by atoms with E-state index in [1.807, 2.05) is 41.2 Å². The van der Waals surface area contributed by atoms with Gasteiger partial charge < -0.3 is 15.4 Å². The monoisotopic (exact) mass is 505 g/mol. The number of halogens is 1. The van der Waals surface area contributed by atoms with Crippen molar-refractivity contribution in [2.45, 2.75) is 20.0 Å². The Kier molecular flexibility index (Phi) is 9.49. The molecule has 0 saturated carbocycles. The van der Waals surface area contributed by atoms with Crippen molar-refractivity contribution in [3.05, 3.63) is 83.7 Å². The first-order valence-electron chi connectivity index (χ1n) is 9.42. The third-order valence-electron chi connectivity index (χ3n) is 4.26. The Morgan fingerprint density at radius 2 is 1.86 bits per heavy atom. The fraction of sp³-hybridized carbons (Fsp3) is 0.273. The normalized spacial score (nSPS) is 10.9. The highest BCUT2D eigenvalue weighted by Crippen LogP contribution is 2.10. The summed E-state index contributed by atoms with van der Waals surface area (Å²) < 4.78 is 7.65. The van der Waals surface area contributed by atoms with Crippen molar-refractivity contribution in [2.24, 2.45) is 4.99 Å². The van der Waals surface area contributed by atoms with Crippen LogP contribution in [0.3, 0.4) is 0 Å². The Balaban J connectivity index is 0.00000300. The summed E-state index contributed by atoms with van der Waals surface area (Å²) in [5.74, 6) is 1.63. The Labute approximate surface area is 189 Å². The van der Waals surface area contributed by atoms with Crippen LogP contribution in [0.1, 0.15) is 16.7 Å². The van der Waals surface area contributed by atoms with Crippen molar-refractivity contribution >= 4 is 29.9 Å². The minimum Gasteiger partial charge on any atom is -0.492 e. The van der Waals surface area contributed by atoms with Gasteiger partial charge in [-0.25, -0.2) is 0 Å². The zero-order chi connectivity index (χ0) is 19.6. The van der Waals surface area contributed by atoms with E-state index in [2.05, 4.69) is 51.9 Å². The lowest BCUT2D eigenvalue weighted by molar-refractivity contribution is 0.322. The molecule has 29 heavy (non-hydrogen) atoms. The second-order valence-corrected chi connectivity index (χ2v) is 6.54. The molecule has 6 nitrogen and oxygen atoms in total. The predicted octanol–water partition coefficient (Wildman–Crippen LogP) is 3.60. The van der Waals surface area contributed by atoms with Crippen molar-refractivity contribution < 1.29 is 4.74 Å². The molecule has 2 N–H and O–H groups in total. The minimum absolute atomic E-state index is 0. The summed E-state index contributed by atoms with van der Waals surface area (Å²) in [4.78, 5) is 4.27. The van der Waals surface area contributed by atoms with Crippen molar-refractivity contribution in [1.29, 1.82) is 0 Å². The van der Waals surface area contributed by atoms with Gasteiger partial charge in [0.05, 0.1) is 13.1 Å². The van der Waals surface area contributed by atoms with Crippen LogP contribution >= 0.6 is 24.0 Å². The van der Waals surface area contributed by atoms with E-state index in [1.165, 1.54) is 16.7 Å². The van der Waals surface area contributed by atoms with Crippen LogP contribution < -0.4 is 15.4 Å². The SMILES string of the molecule is CN=C(NCCOc1ccc(C)cc1)NCc1cccc(Cn2cccn2)c1.I. The van der Waals surface area contributed by atoms with Gasteiger partial charge in [0, 0.05) is 26.0 Å². The maximum Gasteiger partial charge on any atom is 0.191 e. The number of ether oxygens (including phenoxy) is 1. The Morgan fingerprint density at radius 1 is 1.07 bits per heavy atom. The third-order valence-corrected chi connectivity index (χ3v) is 4.26. The van der Waals surface area contributed by atoms with Gasteiger partial charge in [0.15, 0.2) is 5.96 Å². The molecule has 3 aromatic rings. The Bertz CT molecular complexity index is 878. The maximum absolute atomic E-state index is 5.73. The number of rotatable bonds is 8. The highest BCUT2D eigenvalue weighted by Gasteiger charge is 2.01. The zero-order valence-corrected chi connectivity index (χ0v) is 19.2. The molecule has 0 fully saturated rings. The smallest absolute Gasteiger partial charge is 0.191 e. The molecule has 0 radical (unpaired) electrons. The van der Waals surface area contributed by atoms with Gasteiger partial charge in [-0.2, -0.15) is 5.10 Å². The molecular weight excluding hydrogens is 477 g/mol. The number of benzene rings is 2. The highest BCUT2D eigenvalue weighted by atomic mass is 127. The van der Waals surface area contributed by atoms with Crippen molar-refractivity contribution in [3.63, 3.8) is 0 Å². The summed E-state index contributed by atoms with van der Waals surface area (Å²) in [5, 5.41) is 10.9. The molecule has 1 aromatic heterocycles. The lowest BCUT2D eigenvalue weighted by Crippen LogP contribution is -2.38. The molecule has 0 aliphatic carbocycles. The summed E-state index contributed by atoms with van der Waals surface area (Å²) in [6.07, 6.45) is 3.76. The molecule has 0 bridgehead atoms. The molecule has 2 aromatic carbocycles. The van der Waals surface area contributed by atoms with Crippen molar-refractivity contribution in [1.82, 2.24) is 20.4 Å². The Morgan fingerprint density at radius 3 is 2.59 bits per heavy atom. The maximum atomic E-state index is 5.73. The lowest BCUT2D eigenvalue weighted by atomic mass is 10.1. The standard InChI is InChI=1S/C22H27N5O.HI/c1-18-7-9-21(10-8-18)28-14-12-24-22(23-2)25-16-19-5-3-6-20(15-19)17-27-13-4-11-26-27;/h3-11,13,15H,12,14,16-17H2,1-2H3,(H2,23,24,25);1H. The van der Waals surface area contributed by atoms with E-state index in [9.17, 15) is 0 Å². The van der Waals surface area contributed by atoms with Gasteiger partial charge in [0.25, 0.3) is 0 Å². The predicted molar refractivity (Wildman–Crippen MR) is 128 cm³/mol. The average molecular weight is 505 g/mol. The van der Waals surface area contributed by atoms with Crippen LogP contribution in [0.15, 0.2) is 72.0 Å². The van der Waals surface area contributed by atoms with Crippen LogP contribution in [0.25, 0.3) is 0 Å². The number of aromatic nitrogens is 2. The molecule has 0 amide bonds. The zero-order valence-electron chi connectivity index (χ0n) is 16.8. The van der Waals surface area contributed by atoms with Crippen LogP contribution in [-0.2, 0) is 13.1 Å². The quantitative estimate of drug-likeness (QED) is 0.213. The highest BCUT2D eigenvalue weighted by molar-refractivity contribution is 14.0. The summed E-state index contributed by atoms with van der Waals surface area (Å²) in [6.45, 7) is 4.78. The van der Waals surface area contributed by atoms with Gasteiger partial charge in [0.2, 0.25) is 0 Å². The van der Waals surface area contributed by atoms with E-state index < -0.39 is 0 Å². The van der Waals surface area contributed by atoms with Gasteiger partial charge >= 0.3 is 0 Å². The molecule has 0 aliphatic heterocycles. The largest absolute Gasteiger partial charge is 0.492 e. The van der Waals surface area contributed by atoms with Crippen LogP contribution in [0.2, 0.25) is 0 Å². The van der Waals surface area contributed by atoms with Crippen molar-refractivity contribution in [3.8, 4) is 5.75 Å². The molecule has 3 rings (SSSR count). The number of aryl methyl sites for hydroxylation is 1. The first kappa shape index (κ1) is 22.7. The summed E-state index contributed by atoms with van der Waals surface area (Å²) in [5.41, 5.74) is 3.64. The first-order chi connectivity index (χ1) is 13.7. The van der Waals surface area contributed by atoms with Gasteiger partial charge in [-0.05, 0) is 36.2 Å². The number of hydrogen-bond acceptors (Lipinski definition) is 3. The topological polar surface area (TPSA) is 63.5 Å². The van der Waals surface area contributed by atoms with E-state index in [0.717, 1.165) is 18.3 Å². The number of guanidine groups is 1. The lowest BCUT2D eigenvalue weighted by Gasteiger charge is -2.13. The molecule has 0 atom stereocenters. The summed E-state index contributed by atoms with van der Waals surface area (Å²) in [6, 6.07) is 18.5. The van der Waals surface area contributed by atoms with Crippen molar-refractivity contribution in [2.75, 3.05) is 20.2 Å². The number of aliphatic imine (C=N–C) groups is 1. The van der Waals surface area contributed by atoms with Crippen LogP contribution in [0.5, 0.6) is 5.75 Å². The second kappa shape index (κ2) is 12.1. The first-order valence-corrected chi connectivity index (χ1v) is 9.42. The number of nitrogens with zero attached hydrogens (tertiary/aromatic N) is 3. The van der Waals surface area contributed by atoms with E-state index in [1.54, 1.807) is 13.2 Å². The third kappa shape index (κ3) is 7.77. The Hall–Kier alpha value is -2.55. The summed E-state index contributed by atoms with van der Waals surface area (Å²) in [7, 11) is 1.77. The molecule has 154 valence electrons. The van der Waals surface area contributed by atoms with Gasteiger partial charge in [0.1, 0.15) is 12.4 Å².